The minimum Gasteiger partial charge on any atom is -0.208 e. The van der Waals surface area contributed by atoms with E-state index in [1.165, 1.54) is 22.3 Å². The Morgan fingerprint density at radius 3 is 0.770 bits per heavy atom. The summed E-state index contributed by atoms with van der Waals surface area (Å²) < 4.78 is 0.992. The monoisotopic (exact) mass is 843 g/mol. The second-order valence-corrected chi connectivity index (χ2v) is 16.0. The first-order valence-electron chi connectivity index (χ1n) is 20.4. The van der Waals surface area contributed by atoms with Crippen LogP contribution in [-0.4, -0.2) is 15.0 Å². The van der Waals surface area contributed by atoms with Crippen molar-refractivity contribution in [3.05, 3.63) is 235 Å². The molecule has 10 aromatic rings. The number of hydrogen-bond donors (Lipinski definition) is 0. The average Bonchev–Trinajstić information content (AvgIpc) is 3.35. The number of halogens is 1. The van der Waals surface area contributed by atoms with Crippen LogP contribution in [0.15, 0.2) is 235 Å². The van der Waals surface area contributed by atoms with E-state index in [0.29, 0.717) is 17.5 Å². The molecule has 0 aliphatic heterocycles. The van der Waals surface area contributed by atoms with Crippen molar-refractivity contribution in [2.45, 2.75) is 0 Å². The van der Waals surface area contributed by atoms with E-state index in [0.717, 1.165) is 65.7 Å². The highest BCUT2D eigenvalue weighted by Gasteiger charge is 2.16. The molecule has 0 N–H and O–H groups in total. The van der Waals surface area contributed by atoms with E-state index in [4.69, 9.17) is 15.0 Å². The lowest BCUT2D eigenvalue weighted by atomic mass is 9.92. The van der Waals surface area contributed by atoms with Gasteiger partial charge in [-0.2, -0.15) is 0 Å². The van der Waals surface area contributed by atoms with Gasteiger partial charge in [0.05, 0.1) is 0 Å². The quantitative estimate of drug-likeness (QED) is 0.145. The molecule has 0 amide bonds. The van der Waals surface area contributed by atoms with Crippen LogP contribution in [0.2, 0.25) is 0 Å². The minimum atomic E-state index is 0.607. The molecule has 0 radical (unpaired) electrons. The van der Waals surface area contributed by atoms with E-state index in [9.17, 15) is 0 Å². The Kier molecular flexibility index (Phi) is 10.5. The number of benzene rings is 9. The van der Waals surface area contributed by atoms with Crippen LogP contribution >= 0.6 is 15.9 Å². The molecule has 61 heavy (non-hydrogen) atoms. The first kappa shape index (κ1) is 37.7. The van der Waals surface area contributed by atoms with Crippen molar-refractivity contribution in [1.29, 1.82) is 0 Å². The van der Waals surface area contributed by atoms with E-state index in [1.807, 2.05) is 24.3 Å². The standard InChI is InChI=1S/C57H38BrN3/c58-54-29-27-43(28-30-54)55-59-56(46-25-13-23-44(31-46)52-35-48(39-15-5-1-6-16-39)33-49(36-52)40-17-7-2-8-18-40)61-57(60-55)47-26-14-24-45(32-47)53-37-50(41-19-9-3-10-20-41)34-51(38-53)42-21-11-4-12-22-42/h1-38H. The highest BCUT2D eigenvalue weighted by molar-refractivity contribution is 9.10. The predicted octanol–water partition coefficient (Wildman–Crippen LogP) is 15.6. The highest BCUT2D eigenvalue weighted by atomic mass is 79.9. The summed E-state index contributed by atoms with van der Waals surface area (Å²) in [7, 11) is 0. The van der Waals surface area contributed by atoms with E-state index < -0.39 is 0 Å². The van der Waals surface area contributed by atoms with Gasteiger partial charge in [0, 0.05) is 21.2 Å². The summed E-state index contributed by atoms with van der Waals surface area (Å²) in [5, 5.41) is 0. The Bertz CT molecular complexity index is 2810. The van der Waals surface area contributed by atoms with E-state index in [2.05, 4.69) is 222 Å². The van der Waals surface area contributed by atoms with Gasteiger partial charge in [-0.05, 0) is 127 Å². The fraction of sp³-hybridized carbons (Fsp3) is 0. The third-order valence-corrected chi connectivity index (χ3v) is 11.5. The third-order valence-electron chi connectivity index (χ3n) is 10.9. The summed E-state index contributed by atoms with van der Waals surface area (Å²) in [5.74, 6) is 1.82. The molecular weight excluding hydrogens is 807 g/mol. The smallest absolute Gasteiger partial charge is 0.164 e. The zero-order valence-corrected chi connectivity index (χ0v) is 34.7. The molecule has 4 heteroatoms. The van der Waals surface area contributed by atoms with Crippen LogP contribution in [-0.2, 0) is 0 Å². The van der Waals surface area contributed by atoms with Gasteiger partial charge in [0.1, 0.15) is 0 Å². The van der Waals surface area contributed by atoms with Gasteiger partial charge >= 0.3 is 0 Å². The molecule has 3 nitrogen and oxygen atoms in total. The van der Waals surface area contributed by atoms with Crippen LogP contribution in [0, 0.1) is 0 Å². The molecule has 288 valence electrons. The maximum Gasteiger partial charge on any atom is 0.164 e. The average molecular weight is 845 g/mol. The van der Waals surface area contributed by atoms with Gasteiger partial charge < -0.3 is 0 Å². The van der Waals surface area contributed by atoms with Crippen LogP contribution < -0.4 is 0 Å². The van der Waals surface area contributed by atoms with Gasteiger partial charge in [-0.1, -0.05) is 186 Å². The van der Waals surface area contributed by atoms with E-state index in [1.54, 1.807) is 0 Å². The van der Waals surface area contributed by atoms with Gasteiger partial charge in [-0.3, -0.25) is 0 Å². The Morgan fingerprint density at radius 1 is 0.197 bits per heavy atom. The fourth-order valence-corrected chi connectivity index (χ4v) is 8.08. The summed E-state index contributed by atoms with van der Waals surface area (Å²) in [6, 6.07) is 81.1. The molecule has 1 aromatic heterocycles. The summed E-state index contributed by atoms with van der Waals surface area (Å²) in [6.45, 7) is 0. The number of hydrogen-bond acceptors (Lipinski definition) is 3. The lowest BCUT2D eigenvalue weighted by Crippen LogP contribution is -2.00. The molecule has 0 unspecified atom stereocenters. The Balaban J connectivity index is 1.09. The van der Waals surface area contributed by atoms with Crippen molar-refractivity contribution >= 4 is 15.9 Å². The zero-order valence-electron chi connectivity index (χ0n) is 33.2. The molecular formula is C57H38BrN3. The largest absolute Gasteiger partial charge is 0.208 e. The lowest BCUT2D eigenvalue weighted by molar-refractivity contribution is 1.07. The zero-order chi connectivity index (χ0) is 41.0. The fourth-order valence-electron chi connectivity index (χ4n) is 7.82. The predicted molar refractivity (Wildman–Crippen MR) is 256 cm³/mol. The SMILES string of the molecule is Brc1ccc(-c2nc(-c3cccc(-c4cc(-c5ccccc5)cc(-c5ccccc5)c4)c3)nc(-c3cccc(-c4cc(-c5ccccc5)cc(-c5ccccc5)c4)c3)n2)cc1. The summed E-state index contributed by atoms with van der Waals surface area (Å²) in [5.41, 5.74) is 16.4. The van der Waals surface area contributed by atoms with Crippen LogP contribution in [0.1, 0.15) is 0 Å². The van der Waals surface area contributed by atoms with Crippen molar-refractivity contribution in [2.24, 2.45) is 0 Å². The molecule has 0 spiro atoms. The Morgan fingerprint density at radius 2 is 0.443 bits per heavy atom. The second kappa shape index (κ2) is 17.0. The van der Waals surface area contributed by atoms with Crippen LogP contribution in [0.3, 0.4) is 0 Å². The van der Waals surface area contributed by atoms with Gasteiger partial charge in [-0.15, -0.1) is 0 Å². The Labute approximate surface area is 364 Å². The molecule has 0 atom stereocenters. The van der Waals surface area contributed by atoms with Gasteiger partial charge in [0.25, 0.3) is 0 Å². The maximum absolute atomic E-state index is 5.22. The molecule has 0 aliphatic rings. The molecule has 9 aromatic carbocycles. The van der Waals surface area contributed by atoms with Crippen molar-refractivity contribution < 1.29 is 0 Å². The molecule has 10 rings (SSSR count). The molecule has 0 saturated carbocycles. The number of nitrogens with zero attached hydrogens (tertiary/aromatic N) is 3. The number of rotatable bonds is 9. The van der Waals surface area contributed by atoms with Crippen molar-refractivity contribution in [2.75, 3.05) is 0 Å². The molecule has 0 fully saturated rings. The van der Waals surface area contributed by atoms with Gasteiger partial charge in [0.15, 0.2) is 17.5 Å². The molecule has 1 heterocycles. The van der Waals surface area contributed by atoms with Crippen LogP contribution in [0.5, 0.6) is 0 Å². The highest BCUT2D eigenvalue weighted by Crippen LogP contribution is 2.37. The summed E-state index contributed by atoms with van der Waals surface area (Å²) >= 11 is 3.61. The lowest BCUT2D eigenvalue weighted by Gasteiger charge is -2.13. The normalized spacial score (nSPS) is 11.0. The van der Waals surface area contributed by atoms with Gasteiger partial charge in [0.2, 0.25) is 0 Å². The van der Waals surface area contributed by atoms with Gasteiger partial charge in [-0.25, -0.2) is 15.0 Å². The molecule has 0 saturated heterocycles. The van der Waals surface area contributed by atoms with Crippen molar-refractivity contribution in [1.82, 2.24) is 15.0 Å². The molecule has 0 aliphatic carbocycles. The first-order valence-corrected chi connectivity index (χ1v) is 21.1. The van der Waals surface area contributed by atoms with E-state index in [-0.39, 0.29) is 0 Å². The summed E-state index contributed by atoms with van der Waals surface area (Å²) in [4.78, 5) is 15.5. The van der Waals surface area contributed by atoms with Crippen molar-refractivity contribution in [3.63, 3.8) is 0 Å². The van der Waals surface area contributed by atoms with Crippen molar-refractivity contribution in [3.8, 4) is 101 Å². The second-order valence-electron chi connectivity index (χ2n) is 15.0. The Hall–Kier alpha value is -7.53. The first-order chi connectivity index (χ1) is 30.1. The van der Waals surface area contributed by atoms with E-state index >= 15 is 0 Å². The third kappa shape index (κ3) is 8.36. The maximum atomic E-state index is 5.22. The van der Waals surface area contributed by atoms with Crippen LogP contribution in [0.4, 0.5) is 0 Å². The molecule has 0 bridgehead atoms. The topological polar surface area (TPSA) is 38.7 Å². The number of aromatic nitrogens is 3. The van der Waals surface area contributed by atoms with Crippen LogP contribution in [0.25, 0.3) is 101 Å². The minimum absolute atomic E-state index is 0.607. The summed E-state index contributed by atoms with van der Waals surface area (Å²) in [6.07, 6.45) is 0.